The van der Waals surface area contributed by atoms with Crippen molar-refractivity contribution in [3.05, 3.63) is 0 Å². The fourth-order valence-electron chi connectivity index (χ4n) is 2.50. The Bertz CT molecular complexity index is 139. The summed E-state index contributed by atoms with van der Waals surface area (Å²) >= 11 is 5.31. The fourth-order valence-corrected chi connectivity index (χ4v) is 5.59. The third kappa shape index (κ3) is 6.08. The standard InChI is InChI=1S/C13H26I2/c1-5-8-11(9-6-2)13(10(4)14)12(15)7-3/h10-13H,5-9H2,1-4H3/t10-,12-,13?/m0/s1. The Balaban J connectivity index is 4.51. The van der Waals surface area contributed by atoms with Crippen LogP contribution in [0.2, 0.25) is 0 Å². The van der Waals surface area contributed by atoms with Crippen LogP contribution in [0.25, 0.3) is 0 Å². The van der Waals surface area contributed by atoms with Gasteiger partial charge in [0.1, 0.15) is 0 Å². The van der Waals surface area contributed by atoms with Gasteiger partial charge in [-0.2, -0.15) is 0 Å². The van der Waals surface area contributed by atoms with Crippen molar-refractivity contribution in [3.8, 4) is 0 Å². The van der Waals surface area contributed by atoms with Gasteiger partial charge in [0.15, 0.2) is 0 Å². The van der Waals surface area contributed by atoms with Crippen LogP contribution < -0.4 is 0 Å². The molecule has 0 aliphatic carbocycles. The summed E-state index contributed by atoms with van der Waals surface area (Å²) in [5.74, 6) is 1.87. The van der Waals surface area contributed by atoms with Gasteiger partial charge in [-0.1, -0.05) is 98.6 Å². The predicted octanol–water partition coefficient (Wildman–Crippen LogP) is 5.86. The van der Waals surface area contributed by atoms with Crippen LogP contribution in [0.15, 0.2) is 0 Å². The van der Waals surface area contributed by atoms with Gasteiger partial charge in [0.25, 0.3) is 0 Å². The lowest BCUT2D eigenvalue weighted by atomic mass is 9.81. The van der Waals surface area contributed by atoms with E-state index in [1.54, 1.807) is 0 Å². The molecule has 1 unspecified atom stereocenters. The lowest BCUT2D eigenvalue weighted by Gasteiger charge is -2.32. The van der Waals surface area contributed by atoms with Crippen molar-refractivity contribution in [2.24, 2.45) is 11.8 Å². The maximum Gasteiger partial charge on any atom is 0.0148 e. The molecule has 0 radical (unpaired) electrons. The molecule has 3 atom stereocenters. The van der Waals surface area contributed by atoms with Crippen LogP contribution >= 0.6 is 45.2 Å². The average molecular weight is 436 g/mol. The van der Waals surface area contributed by atoms with Crippen LogP contribution in [0, 0.1) is 11.8 Å². The van der Waals surface area contributed by atoms with Crippen LogP contribution in [0.3, 0.4) is 0 Å². The minimum Gasteiger partial charge on any atom is -0.0826 e. The van der Waals surface area contributed by atoms with Gasteiger partial charge in [0.05, 0.1) is 0 Å². The molecular formula is C13H26I2. The van der Waals surface area contributed by atoms with Crippen molar-refractivity contribution in [3.63, 3.8) is 0 Å². The largest absolute Gasteiger partial charge is 0.0826 e. The first kappa shape index (κ1) is 16.5. The summed E-state index contributed by atoms with van der Waals surface area (Å²) in [6.45, 7) is 9.38. The molecule has 0 aliphatic rings. The SMILES string of the molecule is CCCC(CCC)C([C@H](C)I)[C@@H](I)CC. The fraction of sp³-hybridized carbons (Fsp3) is 1.00. The van der Waals surface area contributed by atoms with Gasteiger partial charge >= 0.3 is 0 Å². The molecule has 0 fully saturated rings. The van der Waals surface area contributed by atoms with E-state index in [0.29, 0.717) is 0 Å². The normalized spacial score (nSPS) is 17.8. The maximum atomic E-state index is 2.67. The Hall–Kier alpha value is 1.46. The lowest BCUT2D eigenvalue weighted by Crippen LogP contribution is -2.30. The zero-order valence-corrected chi connectivity index (χ0v) is 14.9. The van der Waals surface area contributed by atoms with Crippen LogP contribution in [0.5, 0.6) is 0 Å². The first-order chi connectivity index (χ1) is 7.08. The Morgan fingerprint density at radius 2 is 1.40 bits per heavy atom. The van der Waals surface area contributed by atoms with E-state index >= 15 is 0 Å². The van der Waals surface area contributed by atoms with Crippen molar-refractivity contribution >= 4 is 45.2 Å². The molecule has 15 heavy (non-hydrogen) atoms. The summed E-state index contributed by atoms with van der Waals surface area (Å²) in [6, 6.07) is 0. The van der Waals surface area contributed by atoms with Crippen LogP contribution in [0.1, 0.15) is 59.8 Å². The smallest absolute Gasteiger partial charge is 0.0148 e. The highest BCUT2D eigenvalue weighted by molar-refractivity contribution is 14.1. The van der Waals surface area contributed by atoms with E-state index in [1.165, 1.54) is 32.1 Å². The van der Waals surface area contributed by atoms with Crippen molar-refractivity contribution in [1.29, 1.82) is 0 Å². The molecule has 0 saturated heterocycles. The van der Waals surface area contributed by atoms with Gasteiger partial charge in [-0.05, 0) is 18.3 Å². The second-order valence-electron chi connectivity index (χ2n) is 4.52. The first-order valence-electron chi connectivity index (χ1n) is 6.36. The number of hydrogen-bond donors (Lipinski definition) is 0. The third-order valence-electron chi connectivity index (χ3n) is 3.20. The molecule has 0 heterocycles. The second-order valence-corrected chi connectivity index (χ2v) is 8.08. The highest BCUT2D eigenvalue weighted by Crippen LogP contribution is 2.36. The summed E-state index contributed by atoms with van der Waals surface area (Å²) in [6.07, 6.45) is 6.86. The quantitative estimate of drug-likeness (QED) is 0.331. The van der Waals surface area contributed by atoms with Crippen molar-refractivity contribution < 1.29 is 0 Å². The highest BCUT2D eigenvalue weighted by Gasteiger charge is 2.29. The third-order valence-corrected chi connectivity index (χ3v) is 5.74. The number of hydrogen-bond acceptors (Lipinski definition) is 0. The molecule has 0 aliphatic heterocycles. The Kier molecular flexibility index (Phi) is 10.4. The molecule has 0 saturated carbocycles. The van der Waals surface area contributed by atoms with Gasteiger partial charge in [-0.15, -0.1) is 0 Å². The minimum atomic E-state index is 0.813. The summed E-state index contributed by atoms with van der Waals surface area (Å²) in [5, 5.41) is 0. The number of halogens is 2. The van der Waals surface area contributed by atoms with E-state index in [-0.39, 0.29) is 0 Å². The van der Waals surface area contributed by atoms with E-state index in [0.717, 1.165) is 19.7 Å². The van der Waals surface area contributed by atoms with Crippen LogP contribution in [0.4, 0.5) is 0 Å². The molecule has 0 aromatic heterocycles. The van der Waals surface area contributed by atoms with Crippen molar-refractivity contribution in [2.45, 2.75) is 67.6 Å². The monoisotopic (exact) mass is 436 g/mol. The summed E-state index contributed by atoms with van der Waals surface area (Å²) in [5.41, 5.74) is 0. The Morgan fingerprint density at radius 1 is 0.933 bits per heavy atom. The van der Waals surface area contributed by atoms with E-state index in [2.05, 4.69) is 72.9 Å². The summed E-state index contributed by atoms with van der Waals surface area (Å²) in [4.78, 5) is 0. The second kappa shape index (κ2) is 9.49. The lowest BCUT2D eigenvalue weighted by molar-refractivity contribution is 0.288. The van der Waals surface area contributed by atoms with Gasteiger partial charge < -0.3 is 0 Å². The van der Waals surface area contributed by atoms with Gasteiger partial charge in [-0.25, -0.2) is 0 Å². The predicted molar refractivity (Wildman–Crippen MR) is 88.4 cm³/mol. The van der Waals surface area contributed by atoms with Crippen LogP contribution in [-0.4, -0.2) is 7.85 Å². The van der Waals surface area contributed by atoms with Crippen LogP contribution in [-0.2, 0) is 0 Å². The number of alkyl halides is 2. The van der Waals surface area contributed by atoms with Gasteiger partial charge in [-0.3, -0.25) is 0 Å². The highest BCUT2D eigenvalue weighted by atomic mass is 127. The molecule has 0 aromatic rings. The van der Waals surface area contributed by atoms with Crippen molar-refractivity contribution in [2.75, 3.05) is 0 Å². The molecule has 92 valence electrons. The minimum absolute atomic E-state index is 0.813. The molecule has 0 rings (SSSR count). The average Bonchev–Trinajstić information content (AvgIpc) is 2.18. The number of rotatable bonds is 8. The first-order valence-corrected chi connectivity index (χ1v) is 8.85. The van der Waals surface area contributed by atoms with E-state index in [9.17, 15) is 0 Å². The van der Waals surface area contributed by atoms with E-state index < -0.39 is 0 Å². The molecule has 0 bridgehead atoms. The summed E-state index contributed by atoms with van der Waals surface area (Å²) < 4.78 is 1.67. The molecule has 0 spiro atoms. The Labute approximate surface area is 124 Å². The zero-order chi connectivity index (χ0) is 11.8. The zero-order valence-electron chi connectivity index (χ0n) is 10.6. The summed E-state index contributed by atoms with van der Waals surface area (Å²) in [7, 11) is 0. The Morgan fingerprint density at radius 3 is 1.67 bits per heavy atom. The molecule has 2 heteroatoms. The van der Waals surface area contributed by atoms with Gasteiger partial charge in [0, 0.05) is 7.85 Å². The molecule has 0 amide bonds. The topological polar surface area (TPSA) is 0 Å². The van der Waals surface area contributed by atoms with E-state index in [1.807, 2.05) is 0 Å². The maximum absolute atomic E-state index is 2.67. The van der Waals surface area contributed by atoms with Gasteiger partial charge in [0.2, 0.25) is 0 Å². The van der Waals surface area contributed by atoms with E-state index in [4.69, 9.17) is 0 Å². The molecule has 0 aromatic carbocycles. The molecule has 0 nitrogen and oxygen atoms in total. The molecular weight excluding hydrogens is 410 g/mol. The molecule has 0 N–H and O–H groups in total. The van der Waals surface area contributed by atoms with Crippen molar-refractivity contribution in [1.82, 2.24) is 0 Å².